The fourth-order valence-electron chi connectivity index (χ4n) is 3.03. The van der Waals surface area contributed by atoms with E-state index in [4.69, 9.17) is 4.74 Å². The van der Waals surface area contributed by atoms with Crippen molar-refractivity contribution in [3.8, 4) is 0 Å². The molecule has 4 nitrogen and oxygen atoms in total. The highest BCUT2D eigenvalue weighted by atomic mass is 16.5. The minimum atomic E-state index is -0.187. The Kier molecular flexibility index (Phi) is 8.15. The van der Waals surface area contributed by atoms with Crippen molar-refractivity contribution in [2.45, 2.75) is 76.9 Å². The summed E-state index contributed by atoms with van der Waals surface area (Å²) in [4.78, 5) is 14.2. The van der Waals surface area contributed by atoms with Crippen LogP contribution in [0.15, 0.2) is 0 Å². The molecule has 1 rings (SSSR count). The van der Waals surface area contributed by atoms with Crippen LogP contribution < -0.4 is 5.32 Å². The number of hydrogen-bond acceptors (Lipinski definition) is 4. The number of esters is 1. The lowest BCUT2D eigenvalue weighted by atomic mass is 10.1. The zero-order valence-electron chi connectivity index (χ0n) is 13.7. The zero-order valence-corrected chi connectivity index (χ0v) is 13.7. The van der Waals surface area contributed by atoms with Crippen LogP contribution in [-0.4, -0.2) is 49.7 Å². The third-order valence-corrected chi connectivity index (χ3v) is 4.24. The van der Waals surface area contributed by atoms with Crippen LogP contribution in [0.25, 0.3) is 0 Å². The molecule has 4 heteroatoms. The van der Waals surface area contributed by atoms with Crippen molar-refractivity contribution in [2.75, 3.05) is 20.7 Å². The molecule has 118 valence electrons. The molecule has 0 saturated heterocycles. The van der Waals surface area contributed by atoms with Gasteiger partial charge in [0.15, 0.2) is 0 Å². The average Bonchev–Trinajstić information content (AvgIpc) is 2.70. The molecule has 0 aromatic rings. The molecule has 1 aliphatic rings. The highest BCUT2D eigenvalue weighted by molar-refractivity contribution is 5.75. The van der Waals surface area contributed by atoms with Crippen molar-refractivity contribution >= 4 is 5.97 Å². The lowest BCUT2D eigenvalue weighted by Gasteiger charge is -2.29. The Morgan fingerprint density at radius 3 is 2.35 bits per heavy atom. The number of carbonyl (C=O) groups is 1. The first kappa shape index (κ1) is 17.4. The maximum atomic E-state index is 11.8. The van der Waals surface area contributed by atoms with Crippen molar-refractivity contribution in [3.05, 3.63) is 0 Å². The second kappa shape index (κ2) is 9.35. The number of nitrogens with zero attached hydrogens (tertiary/aromatic N) is 1. The molecule has 0 bridgehead atoms. The van der Waals surface area contributed by atoms with E-state index in [9.17, 15) is 4.79 Å². The van der Waals surface area contributed by atoms with Crippen molar-refractivity contribution in [1.29, 1.82) is 0 Å². The summed E-state index contributed by atoms with van der Waals surface area (Å²) in [5.74, 6) is -0.145. The van der Waals surface area contributed by atoms with Gasteiger partial charge in [0.2, 0.25) is 0 Å². The van der Waals surface area contributed by atoms with Gasteiger partial charge in [-0.3, -0.25) is 4.79 Å². The lowest BCUT2D eigenvalue weighted by Crippen LogP contribution is -2.44. The number of nitrogens with one attached hydrogen (secondary N) is 1. The molecule has 0 amide bonds. The van der Waals surface area contributed by atoms with Crippen LogP contribution in [0.1, 0.15) is 58.8 Å². The van der Waals surface area contributed by atoms with Gasteiger partial charge in [-0.05, 0) is 26.3 Å². The summed E-state index contributed by atoms with van der Waals surface area (Å²) in [6.07, 6.45) is 8.87. The van der Waals surface area contributed by atoms with E-state index < -0.39 is 0 Å². The fraction of sp³-hybridized carbons (Fsp3) is 0.938. The van der Waals surface area contributed by atoms with E-state index in [2.05, 4.69) is 31.1 Å². The van der Waals surface area contributed by atoms with E-state index in [0.29, 0.717) is 12.1 Å². The van der Waals surface area contributed by atoms with Crippen LogP contribution in [0.3, 0.4) is 0 Å². The van der Waals surface area contributed by atoms with Crippen LogP contribution in [0.5, 0.6) is 0 Å². The Morgan fingerprint density at radius 2 is 1.85 bits per heavy atom. The van der Waals surface area contributed by atoms with Crippen LogP contribution in [0.4, 0.5) is 0 Å². The molecule has 1 atom stereocenters. The monoisotopic (exact) mass is 284 g/mol. The quantitative estimate of drug-likeness (QED) is 0.576. The van der Waals surface area contributed by atoms with Crippen LogP contribution >= 0.6 is 0 Å². The minimum absolute atomic E-state index is 0.145. The Labute approximate surface area is 124 Å². The molecule has 0 spiro atoms. The van der Waals surface area contributed by atoms with Crippen LogP contribution in [-0.2, 0) is 9.53 Å². The number of rotatable bonds is 7. The maximum Gasteiger partial charge on any atom is 0.322 e. The Balaban J connectivity index is 2.42. The molecule has 0 aliphatic heterocycles. The summed E-state index contributed by atoms with van der Waals surface area (Å²) in [5.41, 5.74) is 0. The zero-order chi connectivity index (χ0) is 15.0. The van der Waals surface area contributed by atoms with E-state index in [0.717, 1.165) is 13.0 Å². The molecule has 1 aliphatic carbocycles. The molecule has 1 N–H and O–H groups in total. The molecule has 1 saturated carbocycles. The van der Waals surface area contributed by atoms with Crippen molar-refractivity contribution in [2.24, 2.45) is 0 Å². The first-order chi connectivity index (χ1) is 9.54. The van der Waals surface area contributed by atoms with Crippen molar-refractivity contribution in [3.63, 3.8) is 0 Å². The smallest absolute Gasteiger partial charge is 0.322 e. The van der Waals surface area contributed by atoms with E-state index in [-0.39, 0.29) is 12.0 Å². The molecule has 1 fully saturated rings. The largest absolute Gasteiger partial charge is 0.468 e. The summed E-state index contributed by atoms with van der Waals surface area (Å²) in [6.45, 7) is 5.07. The van der Waals surface area contributed by atoms with Crippen molar-refractivity contribution in [1.82, 2.24) is 10.2 Å². The van der Waals surface area contributed by atoms with Crippen LogP contribution in [0, 0.1) is 0 Å². The Morgan fingerprint density at radius 1 is 1.25 bits per heavy atom. The Hall–Kier alpha value is -0.610. The fourth-order valence-corrected chi connectivity index (χ4v) is 3.03. The molecular weight excluding hydrogens is 252 g/mol. The highest BCUT2D eigenvalue weighted by Gasteiger charge is 2.22. The molecule has 0 radical (unpaired) electrons. The van der Waals surface area contributed by atoms with Gasteiger partial charge in [0.05, 0.1) is 7.11 Å². The van der Waals surface area contributed by atoms with Gasteiger partial charge in [0.1, 0.15) is 6.04 Å². The standard InChI is InChI=1S/C16H32N2O2/c1-13(2)17-15(16(19)20-4)11-12-18(3)14-9-7-5-6-8-10-14/h13-15,17H,5-12H2,1-4H3. The number of carbonyl (C=O) groups excluding carboxylic acids is 1. The number of methoxy groups -OCH3 is 1. The van der Waals surface area contributed by atoms with Gasteiger partial charge in [-0.2, -0.15) is 0 Å². The lowest BCUT2D eigenvalue weighted by molar-refractivity contribution is -0.143. The minimum Gasteiger partial charge on any atom is -0.468 e. The SMILES string of the molecule is COC(=O)C(CCN(C)C1CCCCCC1)NC(C)C. The number of hydrogen-bond donors (Lipinski definition) is 1. The van der Waals surface area contributed by atoms with Gasteiger partial charge in [-0.25, -0.2) is 0 Å². The second-order valence-electron chi connectivity index (χ2n) is 6.31. The normalized spacial score (nSPS) is 19.1. The highest BCUT2D eigenvalue weighted by Crippen LogP contribution is 2.21. The molecule has 0 aromatic heterocycles. The number of ether oxygens (including phenoxy) is 1. The topological polar surface area (TPSA) is 41.6 Å². The third-order valence-electron chi connectivity index (χ3n) is 4.24. The molecule has 0 heterocycles. The van der Waals surface area contributed by atoms with Gasteiger partial charge in [0.25, 0.3) is 0 Å². The third kappa shape index (κ3) is 6.23. The van der Waals surface area contributed by atoms with Gasteiger partial charge in [-0.15, -0.1) is 0 Å². The predicted octanol–water partition coefficient (Wildman–Crippen LogP) is 2.57. The first-order valence-electron chi connectivity index (χ1n) is 8.08. The van der Waals surface area contributed by atoms with Crippen molar-refractivity contribution < 1.29 is 9.53 Å². The molecule has 1 unspecified atom stereocenters. The van der Waals surface area contributed by atoms with E-state index in [1.807, 2.05) is 0 Å². The summed E-state index contributed by atoms with van der Waals surface area (Å²) in [7, 11) is 3.66. The molecule has 20 heavy (non-hydrogen) atoms. The predicted molar refractivity (Wildman–Crippen MR) is 82.8 cm³/mol. The van der Waals surface area contributed by atoms with E-state index in [1.54, 1.807) is 0 Å². The summed E-state index contributed by atoms with van der Waals surface area (Å²) in [5, 5.41) is 3.30. The van der Waals surface area contributed by atoms with Gasteiger partial charge < -0.3 is 15.0 Å². The first-order valence-corrected chi connectivity index (χ1v) is 8.08. The maximum absolute atomic E-state index is 11.8. The van der Waals surface area contributed by atoms with Gasteiger partial charge in [-0.1, -0.05) is 39.5 Å². The summed E-state index contributed by atoms with van der Waals surface area (Å²) in [6, 6.07) is 0.797. The van der Waals surface area contributed by atoms with Gasteiger partial charge in [0, 0.05) is 18.6 Å². The van der Waals surface area contributed by atoms with E-state index in [1.165, 1.54) is 45.6 Å². The average molecular weight is 284 g/mol. The second-order valence-corrected chi connectivity index (χ2v) is 6.31. The van der Waals surface area contributed by atoms with E-state index >= 15 is 0 Å². The summed E-state index contributed by atoms with van der Waals surface area (Å²) >= 11 is 0. The van der Waals surface area contributed by atoms with Gasteiger partial charge >= 0.3 is 5.97 Å². The molecule has 0 aromatic carbocycles. The Bertz CT molecular complexity index is 274. The summed E-state index contributed by atoms with van der Waals surface area (Å²) < 4.78 is 4.89. The molecular formula is C16H32N2O2. The van der Waals surface area contributed by atoms with Crippen LogP contribution in [0.2, 0.25) is 0 Å².